The molecule has 0 atom stereocenters. The molecule has 3 rings (SSSR count). The van der Waals surface area contributed by atoms with Crippen molar-refractivity contribution in [3.8, 4) is 5.82 Å². The summed E-state index contributed by atoms with van der Waals surface area (Å²) in [5.41, 5.74) is -0.648. The second kappa shape index (κ2) is 7.38. The number of para-hydroxylation sites is 1. The Balaban J connectivity index is 1.69. The van der Waals surface area contributed by atoms with Gasteiger partial charge in [0.1, 0.15) is 5.56 Å². The number of hydrogen-bond donors (Lipinski definition) is 1. The zero-order valence-corrected chi connectivity index (χ0v) is 13.5. The highest BCUT2D eigenvalue weighted by Crippen LogP contribution is 2.17. The van der Waals surface area contributed by atoms with Crippen LogP contribution in [0.25, 0.3) is 5.82 Å². The predicted molar refractivity (Wildman–Crippen MR) is 91.0 cm³/mol. The second-order valence-electron chi connectivity index (χ2n) is 5.23. The van der Waals surface area contributed by atoms with Crippen molar-refractivity contribution < 1.29 is 9.72 Å². The summed E-state index contributed by atoms with van der Waals surface area (Å²) in [6, 6.07) is 10.3. The molecule has 0 saturated heterocycles. The quantitative estimate of drug-likeness (QED) is 0.515. The number of nitro benzene ring substituents is 1. The maximum absolute atomic E-state index is 12.2. The Hall–Kier alpha value is -3.82. The Labute approximate surface area is 146 Å². The molecule has 10 heteroatoms. The number of amides is 1. The summed E-state index contributed by atoms with van der Waals surface area (Å²) < 4.78 is 2.69. The minimum atomic E-state index is -0.617. The number of hydrogen-bond acceptors (Lipinski definition) is 6. The molecule has 1 amide bonds. The van der Waals surface area contributed by atoms with Crippen LogP contribution in [0.4, 0.5) is 5.69 Å². The average Bonchev–Trinajstić information content (AvgIpc) is 3.17. The first-order valence-corrected chi connectivity index (χ1v) is 7.66. The summed E-state index contributed by atoms with van der Waals surface area (Å²) in [7, 11) is 0. The molecule has 0 aliphatic carbocycles. The standard InChI is InChI=1S/C16H14N6O4/c23-15-7-6-14(20-10-3-8-18-20)19-21(15)11-9-17-16(24)12-4-1-2-5-13(12)22(25)26/h1-8,10H,9,11H2,(H,17,24). The molecule has 132 valence electrons. The zero-order valence-electron chi connectivity index (χ0n) is 13.5. The van der Waals surface area contributed by atoms with Crippen LogP contribution in [-0.2, 0) is 6.54 Å². The lowest BCUT2D eigenvalue weighted by atomic mass is 10.1. The van der Waals surface area contributed by atoms with Crippen molar-refractivity contribution in [2.75, 3.05) is 6.54 Å². The Morgan fingerprint density at radius 2 is 2.00 bits per heavy atom. The second-order valence-corrected chi connectivity index (χ2v) is 5.23. The number of rotatable bonds is 6. The van der Waals surface area contributed by atoms with Gasteiger partial charge in [-0.05, 0) is 18.2 Å². The zero-order chi connectivity index (χ0) is 18.5. The van der Waals surface area contributed by atoms with E-state index in [0.717, 1.165) is 0 Å². The molecule has 1 aromatic carbocycles. The molecule has 0 aliphatic rings. The van der Waals surface area contributed by atoms with Gasteiger partial charge in [-0.1, -0.05) is 12.1 Å². The molecule has 26 heavy (non-hydrogen) atoms. The average molecular weight is 354 g/mol. The fourth-order valence-electron chi connectivity index (χ4n) is 2.32. The van der Waals surface area contributed by atoms with Gasteiger partial charge in [-0.2, -0.15) is 5.10 Å². The third-order valence-corrected chi connectivity index (χ3v) is 3.55. The third-order valence-electron chi connectivity index (χ3n) is 3.55. The topological polar surface area (TPSA) is 125 Å². The van der Waals surface area contributed by atoms with Crippen LogP contribution in [0.3, 0.4) is 0 Å². The number of nitro groups is 1. The van der Waals surface area contributed by atoms with Crippen molar-refractivity contribution >= 4 is 11.6 Å². The van der Waals surface area contributed by atoms with E-state index in [4.69, 9.17) is 0 Å². The Kier molecular flexibility index (Phi) is 4.83. The van der Waals surface area contributed by atoms with Crippen LogP contribution in [0.2, 0.25) is 0 Å². The van der Waals surface area contributed by atoms with Crippen molar-refractivity contribution in [3.05, 3.63) is 80.9 Å². The Bertz CT molecular complexity index is 996. The van der Waals surface area contributed by atoms with Gasteiger partial charge in [-0.15, -0.1) is 5.10 Å². The van der Waals surface area contributed by atoms with E-state index in [1.54, 1.807) is 24.5 Å². The Morgan fingerprint density at radius 3 is 2.73 bits per heavy atom. The summed E-state index contributed by atoms with van der Waals surface area (Å²) in [6.45, 7) is 0.195. The van der Waals surface area contributed by atoms with Gasteiger partial charge < -0.3 is 5.32 Å². The van der Waals surface area contributed by atoms with E-state index in [1.807, 2.05) is 0 Å². The molecule has 2 aromatic heterocycles. The molecule has 0 fully saturated rings. The first kappa shape index (κ1) is 17.0. The maximum atomic E-state index is 12.2. The summed E-state index contributed by atoms with van der Waals surface area (Å²) >= 11 is 0. The lowest BCUT2D eigenvalue weighted by Gasteiger charge is -2.08. The highest BCUT2D eigenvalue weighted by atomic mass is 16.6. The SMILES string of the molecule is O=C(NCCn1nc(-n2cccn2)ccc1=O)c1ccccc1[N+](=O)[O-]. The summed E-state index contributed by atoms with van der Waals surface area (Å²) in [5.74, 6) is -0.131. The number of aromatic nitrogens is 4. The van der Waals surface area contributed by atoms with E-state index in [9.17, 15) is 19.7 Å². The fraction of sp³-hybridized carbons (Fsp3) is 0.125. The van der Waals surface area contributed by atoms with E-state index in [1.165, 1.54) is 39.7 Å². The third kappa shape index (κ3) is 3.64. The number of nitrogens with one attached hydrogen (secondary N) is 1. The predicted octanol–water partition coefficient (Wildman–Crippen LogP) is 0.767. The molecule has 3 aromatic rings. The number of nitrogens with zero attached hydrogens (tertiary/aromatic N) is 5. The lowest BCUT2D eigenvalue weighted by molar-refractivity contribution is -0.385. The van der Waals surface area contributed by atoms with Crippen LogP contribution in [-0.4, -0.2) is 36.9 Å². The van der Waals surface area contributed by atoms with Crippen molar-refractivity contribution in [2.45, 2.75) is 6.54 Å². The van der Waals surface area contributed by atoms with E-state index in [2.05, 4.69) is 15.5 Å². The molecule has 0 spiro atoms. The van der Waals surface area contributed by atoms with E-state index in [-0.39, 0.29) is 29.9 Å². The minimum absolute atomic E-state index is 0.0388. The summed E-state index contributed by atoms with van der Waals surface area (Å²) in [4.78, 5) is 34.4. The van der Waals surface area contributed by atoms with E-state index >= 15 is 0 Å². The number of benzene rings is 1. The van der Waals surface area contributed by atoms with Crippen molar-refractivity contribution in [3.63, 3.8) is 0 Å². The van der Waals surface area contributed by atoms with E-state index < -0.39 is 10.8 Å². The fourth-order valence-corrected chi connectivity index (χ4v) is 2.32. The normalized spacial score (nSPS) is 10.5. The molecule has 0 radical (unpaired) electrons. The largest absolute Gasteiger partial charge is 0.350 e. The van der Waals surface area contributed by atoms with Crippen molar-refractivity contribution in [1.82, 2.24) is 24.9 Å². The first-order chi connectivity index (χ1) is 12.6. The van der Waals surface area contributed by atoms with Crippen LogP contribution in [0.5, 0.6) is 0 Å². The van der Waals surface area contributed by atoms with Crippen molar-refractivity contribution in [2.24, 2.45) is 0 Å². The summed E-state index contributed by atoms with van der Waals surface area (Å²) in [5, 5.41) is 21.7. The highest BCUT2D eigenvalue weighted by Gasteiger charge is 2.18. The monoisotopic (exact) mass is 354 g/mol. The molecular weight excluding hydrogens is 340 g/mol. The molecule has 1 N–H and O–H groups in total. The van der Waals surface area contributed by atoms with Crippen LogP contribution in [0.15, 0.2) is 59.7 Å². The lowest BCUT2D eigenvalue weighted by Crippen LogP contribution is -2.32. The smallest absolute Gasteiger partial charge is 0.282 e. The first-order valence-electron chi connectivity index (χ1n) is 7.66. The van der Waals surface area contributed by atoms with Crippen LogP contribution in [0.1, 0.15) is 10.4 Å². The van der Waals surface area contributed by atoms with Crippen LogP contribution >= 0.6 is 0 Å². The molecule has 2 heterocycles. The van der Waals surface area contributed by atoms with Gasteiger partial charge in [-0.3, -0.25) is 19.7 Å². The van der Waals surface area contributed by atoms with Gasteiger partial charge >= 0.3 is 0 Å². The van der Waals surface area contributed by atoms with Crippen molar-refractivity contribution in [1.29, 1.82) is 0 Å². The molecule has 10 nitrogen and oxygen atoms in total. The van der Waals surface area contributed by atoms with Gasteiger partial charge in [0.15, 0.2) is 5.82 Å². The minimum Gasteiger partial charge on any atom is -0.350 e. The Morgan fingerprint density at radius 1 is 1.19 bits per heavy atom. The van der Waals surface area contributed by atoms with Gasteiger partial charge in [0.2, 0.25) is 0 Å². The molecule has 0 bridgehead atoms. The maximum Gasteiger partial charge on any atom is 0.282 e. The van der Waals surface area contributed by atoms with Gasteiger partial charge in [0, 0.05) is 31.1 Å². The van der Waals surface area contributed by atoms with Gasteiger partial charge in [-0.25, -0.2) is 9.36 Å². The molecule has 0 unspecified atom stereocenters. The molecule has 0 saturated carbocycles. The van der Waals surface area contributed by atoms with Gasteiger partial charge in [0.25, 0.3) is 17.2 Å². The van der Waals surface area contributed by atoms with E-state index in [0.29, 0.717) is 5.82 Å². The molecular formula is C16H14N6O4. The van der Waals surface area contributed by atoms with Crippen LogP contribution < -0.4 is 10.9 Å². The number of carbonyl (C=O) groups excluding carboxylic acids is 1. The molecule has 0 aliphatic heterocycles. The van der Waals surface area contributed by atoms with Crippen LogP contribution in [0, 0.1) is 10.1 Å². The van der Waals surface area contributed by atoms with Gasteiger partial charge in [0.05, 0.1) is 11.5 Å². The number of carbonyl (C=O) groups is 1. The highest BCUT2D eigenvalue weighted by molar-refractivity contribution is 5.98. The summed E-state index contributed by atoms with van der Waals surface area (Å²) in [6.07, 6.45) is 3.28.